The van der Waals surface area contributed by atoms with Crippen molar-refractivity contribution in [2.75, 3.05) is 6.61 Å². The van der Waals surface area contributed by atoms with Crippen LogP contribution in [0.5, 0.6) is 0 Å². The molecule has 3 aliphatic carbocycles. The lowest BCUT2D eigenvalue weighted by Gasteiger charge is -2.41. The van der Waals surface area contributed by atoms with Crippen LogP contribution in [0.15, 0.2) is 11.6 Å². The van der Waals surface area contributed by atoms with Crippen LogP contribution in [-0.4, -0.2) is 53.7 Å². The number of fused-ring (bicyclic) bond motifs is 2. The highest BCUT2D eigenvalue weighted by Gasteiger charge is 2.71. The summed E-state index contributed by atoms with van der Waals surface area (Å²) in [6.07, 6.45) is 2.11. The van der Waals surface area contributed by atoms with Crippen molar-refractivity contribution in [2.24, 2.45) is 29.1 Å². The molecule has 194 valence electrons. The lowest BCUT2D eigenvalue weighted by Crippen LogP contribution is -2.58. The zero-order valence-electron chi connectivity index (χ0n) is 21.8. The van der Waals surface area contributed by atoms with Gasteiger partial charge in [0.2, 0.25) is 5.78 Å². The van der Waals surface area contributed by atoms with Crippen LogP contribution in [0.3, 0.4) is 0 Å². The van der Waals surface area contributed by atoms with Crippen LogP contribution >= 0.6 is 0 Å². The number of ketones is 1. The van der Waals surface area contributed by atoms with Crippen molar-refractivity contribution in [3.05, 3.63) is 11.6 Å². The molecule has 4 rings (SSSR count). The first kappa shape index (κ1) is 25.9. The molecule has 3 fully saturated rings. The van der Waals surface area contributed by atoms with Crippen molar-refractivity contribution in [3.63, 3.8) is 0 Å². The monoisotopic (exact) mass is 490 g/mol. The summed E-state index contributed by atoms with van der Waals surface area (Å²) in [5.74, 6) is -2.51. The first-order chi connectivity index (χ1) is 16.3. The van der Waals surface area contributed by atoms with Gasteiger partial charge in [-0.25, -0.2) is 0 Å². The molecule has 8 atom stereocenters. The first-order valence-electron chi connectivity index (χ1n) is 12.7. The molecule has 8 heteroatoms. The maximum atomic E-state index is 14.2. The fourth-order valence-corrected chi connectivity index (χ4v) is 6.83. The van der Waals surface area contributed by atoms with Crippen LogP contribution in [0, 0.1) is 29.1 Å². The Morgan fingerprint density at radius 2 is 1.80 bits per heavy atom. The van der Waals surface area contributed by atoms with Gasteiger partial charge in [0.1, 0.15) is 17.8 Å². The van der Waals surface area contributed by atoms with E-state index in [1.54, 1.807) is 13.8 Å². The SMILES string of the molecule is CCC(=O)O[C@@H]1[C@@H]2[C@@H](OC(C)=O)[C@]3(CC[C@H]4[C@@H](/C=C(\C)C(=O)[C@@]2(OC(C)=O)C[C@@H]1C)C4(C)C)CO3. The van der Waals surface area contributed by atoms with Crippen molar-refractivity contribution in [2.45, 2.75) is 97.6 Å². The van der Waals surface area contributed by atoms with E-state index in [-0.39, 0.29) is 35.9 Å². The van der Waals surface area contributed by atoms with Gasteiger partial charge in [-0.1, -0.05) is 33.8 Å². The maximum absolute atomic E-state index is 14.2. The Labute approximate surface area is 207 Å². The molecule has 1 heterocycles. The van der Waals surface area contributed by atoms with Crippen molar-refractivity contribution < 1.29 is 38.1 Å². The maximum Gasteiger partial charge on any atom is 0.305 e. The molecule has 0 aromatic heterocycles. The summed E-state index contributed by atoms with van der Waals surface area (Å²) in [7, 11) is 0. The van der Waals surface area contributed by atoms with E-state index in [0.717, 1.165) is 6.42 Å². The fourth-order valence-electron chi connectivity index (χ4n) is 6.83. The number of carbonyl (C=O) groups excluding carboxylic acids is 4. The molecule has 2 saturated carbocycles. The summed E-state index contributed by atoms with van der Waals surface area (Å²) in [5.41, 5.74) is -1.91. The van der Waals surface area contributed by atoms with E-state index in [2.05, 4.69) is 13.8 Å². The van der Waals surface area contributed by atoms with E-state index in [9.17, 15) is 19.2 Å². The molecular formula is C27H38O8. The van der Waals surface area contributed by atoms with Gasteiger partial charge in [0.25, 0.3) is 0 Å². The molecule has 1 spiro atoms. The van der Waals surface area contributed by atoms with E-state index in [0.29, 0.717) is 24.5 Å². The van der Waals surface area contributed by atoms with E-state index < -0.39 is 47.2 Å². The largest absolute Gasteiger partial charge is 0.461 e. The highest BCUT2D eigenvalue weighted by Crippen LogP contribution is 2.64. The van der Waals surface area contributed by atoms with Gasteiger partial charge in [0.15, 0.2) is 5.60 Å². The van der Waals surface area contributed by atoms with Gasteiger partial charge in [0, 0.05) is 26.7 Å². The minimum absolute atomic E-state index is 0.0317. The molecule has 0 radical (unpaired) electrons. The molecule has 1 saturated heterocycles. The van der Waals surface area contributed by atoms with Crippen LogP contribution in [0.2, 0.25) is 0 Å². The van der Waals surface area contributed by atoms with Gasteiger partial charge >= 0.3 is 17.9 Å². The van der Waals surface area contributed by atoms with Crippen LogP contribution in [0.4, 0.5) is 0 Å². The van der Waals surface area contributed by atoms with E-state index in [1.807, 2.05) is 13.0 Å². The zero-order chi connectivity index (χ0) is 25.9. The van der Waals surface area contributed by atoms with Crippen LogP contribution < -0.4 is 0 Å². The van der Waals surface area contributed by atoms with Crippen LogP contribution in [0.25, 0.3) is 0 Å². The molecule has 4 aliphatic rings. The topological polar surface area (TPSA) is 108 Å². The summed E-state index contributed by atoms with van der Waals surface area (Å²) in [6.45, 7) is 12.6. The smallest absolute Gasteiger partial charge is 0.305 e. The van der Waals surface area contributed by atoms with Crippen molar-refractivity contribution >= 4 is 23.7 Å². The number of hydrogen-bond donors (Lipinski definition) is 0. The Bertz CT molecular complexity index is 960. The van der Waals surface area contributed by atoms with Gasteiger partial charge in [-0.15, -0.1) is 0 Å². The summed E-state index contributed by atoms with van der Waals surface area (Å²) in [5, 5.41) is 0. The van der Waals surface area contributed by atoms with E-state index >= 15 is 0 Å². The Hall–Kier alpha value is -2.22. The summed E-state index contributed by atoms with van der Waals surface area (Å²) < 4.78 is 23.7. The number of esters is 3. The second-order valence-corrected chi connectivity index (χ2v) is 11.6. The molecule has 8 nitrogen and oxygen atoms in total. The van der Waals surface area contributed by atoms with Crippen LogP contribution in [-0.2, 0) is 38.1 Å². The highest BCUT2D eigenvalue weighted by molar-refractivity contribution is 6.03. The molecule has 0 bridgehead atoms. The number of carbonyl (C=O) groups is 4. The Balaban J connectivity index is 1.91. The highest BCUT2D eigenvalue weighted by atomic mass is 16.6. The third-order valence-electron chi connectivity index (χ3n) is 8.80. The molecule has 0 aromatic carbocycles. The Morgan fingerprint density at radius 1 is 1.14 bits per heavy atom. The summed E-state index contributed by atoms with van der Waals surface area (Å²) >= 11 is 0. The summed E-state index contributed by atoms with van der Waals surface area (Å²) in [4.78, 5) is 51.5. The van der Waals surface area contributed by atoms with Gasteiger partial charge in [-0.2, -0.15) is 0 Å². The second kappa shape index (κ2) is 8.71. The van der Waals surface area contributed by atoms with E-state index in [4.69, 9.17) is 18.9 Å². The van der Waals surface area contributed by atoms with Gasteiger partial charge in [-0.3, -0.25) is 19.2 Å². The molecule has 35 heavy (non-hydrogen) atoms. The van der Waals surface area contributed by atoms with Gasteiger partial charge in [0.05, 0.1) is 12.5 Å². The quantitative estimate of drug-likeness (QED) is 0.334. The van der Waals surface area contributed by atoms with Crippen molar-refractivity contribution in [3.8, 4) is 0 Å². The Morgan fingerprint density at radius 3 is 2.34 bits per heavy atom. The van der Waals surface area contributed by atoms with Gasteiger partial charge < -0.3 is 18.9 Å². The second-order valence-electron chi connectivity index (χ2n) is 11.6. The molecular weight excluding hydrogens is 452 g/mol. The number of hydrogen-bond acceptors (Lipinski definition) is 8. The number of allylic oxidation sites excluding steroid dienone is 1. The predicted molar refractivity (Wildman–Crippen MR) is 125 cm³/mol. The number of Topliss-reactive ketones (excluding diaryl/α,β-unsaturated/α-hetero) is 1. The normalized spacial score (nSPS) is 43.1. The first-order valence-corrected chi connectivity index (χ1v) is 12.7. The fraction of sp³-hybridized carbons (Fsp3) is 0.778. The lowest BCUT2D eigenvalue weighted by molar-refractivity contribution is -0.190. The number of ether oxygens (including phenoxy) is 4. The molecule has 0 N–H and O–H groups in total. The van der Waals surface area contributed by atoms with Crippen molar-refractivity contribution in [1.82, 2.24) is 0 Å². The third-order valence-corrected chi connectivity index (χ3v) is 8.80. The average molecular weight is 491 g/mol. The molecule has 0 amide bonds. The summed E-state index contributed by atoms with van der Waals surface area (Å²) in [6, 6.07) is 0. The molecule has 1 aliphatic heterocycles. The third kappa shape index (κ3) is 4.32. The minimum atomic E-state index is -1.64. The number of epoxide rings is 1. The molecule has 0 unspecified atom stereocenters. The van der Waals surface area contributed by atoms with E-state index in [1.165, 1.54) is 13.8 Å². The van der Waals surface area contributed by atoms with Crippen LogP contribution in [0.1, 0.15) is 74.1 Å². The Kier molecular flexibility index (Phi) is 6.44. The number of rotatable bonds is 4. The average Bonchev–Trinajstić information content (AvgIpc) is 3.62. The lowest BCUT2D eigenvalue weighted by atomic mass is 9.74. The van der Waals surface area contributed by atoms with Crippen molar-refractivity contribution in [1.29, 1.82) is 0 Å². The zero-order valence-corrected chi connectivity index (χ0v) is 21.8. The minimum Gasteiger partial charge on any atom is -0.461 e. The van der Waals surface area contributed by atoms with Gasteiger partial charge in [-0.05, 0) is 48.5 Å². The standard InChI is InChI=1S/C27H38O8/c1-8-20(30)34-22-15(3)12-27(35-17(5)29)21(22)24(33-16(4)28)26(13-32-26)10-9-18-19(25(18,6)7)11-14(2)23(27)31/h11,15,18-19,21-22,24H,8-10,12-13H2,1-7H3/b14-11+/t15-,18-,19+,21+,22-,24+,26-,27+/m0/s1. The predicted octanol–water partition coefficient (Wildman–Crippen LogP) is 3.55. The molecule has 0 aromatic rings.